The van der Waals surface area contributed by atoms with Crippen molar-refractivity contribution in [3.63, 3.8) is 0 Å². The van der Waals surface area contributed by atoms with Crippen LogP contribution in [0.1, 0.15) is 44.9 Å². The van der Waals surface area contributed by atoms with E-state index in [0.717, 1.165) is 11.0 Å². The second-order valence-electron chi connectivity index (χ2n) is 5.73. The normalized spacial score (nSPS) is 10.8. The first-order chi connectivity index (χ1) is 12.0. The second-order valence-corrected chi connectivity index (χ2v) is 5.73. The maximum absolute atomic E-state index is 12.5. The van der Waals surface area contributed by atoms with Crippen molar-refractivity contribution >= 4 is 22.9 Å². The van der Waals surface area contributed by atoms with E-state index in [1.165, 1.54) is 0 Å². The quantitative estimate of drug-likeness (QED) is 0.622. The Morgan fingerprint density at radius 2 is 1.96 bits per heavy atom. The van der Waals surface area contributed by atoms with Gasteiger partial charge < -0.3 is 20.0 Å². The number of rotatable bonds is 5. The van der Waals surface area contributed by atoms with Gasteiger partial charge in [0.15, 0.2) is 0 Å². The molecule has 25 heavy (non-hydrogen) atoms. The zero-order valence-electron chi connectivity index (χ0n) is 14.4. The summed E-state index contributed by atoms with van der Waals surface area (Å²) < 4.78 is 5.04. The number of ether oxygens (including phenoxy) is 1. The molecule has 1 aromatic carbocycles. The van der Waals surface area contributed by atoms with E-state index in [1.807, 2.05) is 24.3 Å². The van der Waals surface area contributed by atoms with Crippen molar-refractivity contribution in [3.8, 4) is 0 Å². The zero-order chi connectivity index (χ0) is 18.0. The lowest BCUT2D eigenvalue weighted by Crippen LogP contribution is -2.24. The second kappa shape index (κ2) is 6.80. The number of hydrogen-bond donors (Lipinski definition) is 3. The highest BCUT2D eigenvalue weighted by molar-refractivity contribution is 6.00. The van der Waals surface area contributed by atoms with Crippen LogP contribution in [0, 0.1) is 13.8 Å². The number of aryl methyl sites for hydroxylation is 1. The van der Waals surface area contributed by atoms with Crippen LogP contribution < -0.4 is 5.32 Å². The predicted molar refractivity (Wildman–Crippen MR) is 93.5 cm³/mol. The number of amides is 1. The molecule has 2 aromatic heterocycles. The van der Waals surface area contributed by atoms with Gasteiger partial charge in [0.1, 0.15) is 11.5 Å². The molecule has 1 amide bonds. The Morgan fingerprint density at radius 3 is 2.68 bits per heavy atom. The fourth-order valence-electron chi connectivity index (χ4n) is 2.83. The van der Waals surface area contributed by atoms with Gasteiger partial charge in [0.05, 0.1) is 29.7 Å². The topological polar surface area (TPSA) is 99.9 Å². The first-order valence-electron chi connectivity index (χ1n) is 8.09. The summed E-state index contributed by atoms with van der Waals surface area (Å²) in [4.78, 5) is 35.0. The van der Waals surface area contributed by atoms with Crippen LogP contribution in [0.3, 0.4) is 0 Å². The smallest absolute Gasteiger partial charge is 0.340 e. The third-order valence-electron chi connectivity index (χ3n) is 4.00. The molecule has 2 heterocycles. The molecule has 0 radical (unpaired) electrons. The molecule has 0 unspecified atom stereocenters. The van der Waals surface area contributed by atoms with E-state index in [1.54, 1.807) is 20.8 Å². The number of aromatic nitrogens is 3. The lowest BCUT2D eigenvalue weighted by Gasteiger charge is -2.04. The number of benzene rings is 1. The number of fused-ring (bicyclic) bond motifs is 1. The molecule has 0 atom stereocenters. The largest absolute Gasteiger partial charge is 0.462 e. The van der Waals surface area contributed by atoms with Crippen molar-refractivity contribution in [1.29, 1.82) is 0 Å². The summed E-state index contributed by atoms with van der Waals surface area (Å²) in [7, 11) is 0. The molecule has 7 heteroatoms. The van der Waals surface area contributed by atoms with Gasteiger partial charge in [-0.15, -0.1) is 0 Å². The third kappa shape index (κ3) is 3.26. The fraction of sp³-hybridized carbons (Fsp3) is 0.278. The van der Waals surface area contributed by atoms with Crippen LogP contribution in [-0.2, 0) is 11.3 Å². The minimum atomic E-state index is -0.426. The van der Waals surface area contributed by atoms with Crippen LogP contribution in [0.15, 0.2) is 24.3 Å². The van der Waals surface area contributed by atoms with Gasteiger partial charge >= 0.3 is 5.97 Å². The van der Waals surface area contributed by atoms with Gasteiger partial charge in [-0.3, -0.25) is 4.79 Å². The van der Waals surface area contributed by atoms with Crippen LogP contribution in [0.4, 0.5) is 0 Å². The molecular weight excluding hydrogens is 320 g/mol. The van der Waals surface area contributed by atoms with Gasteiger partial charge in [-0.25, -0.2) is 9.78 Å². The number of carbonyl (C=O) groups is 2. The Bertz CT molecular complexity index is 906. The van der Waals surface area contributed by atoms with E-state index in [2.05, 4.69) is 20.3 Å². The van der Waals surface area contributed by atoms with Crippen molar-refractivity contribution in [3.05, 3.63) is 52.6 Å². The first-order valence-corrected chi connectivity index (χ1v) is 8.09. The lowest BCUT2D eigenvalue weighted by atomic mass is 10.1. The minimum absolute atomic E-state index is 0.264. The summed E-state index contributed by atoms with van der Waals surface area (Å²) >= 11 is 0. The van der Waals surface area contributed by atoms with E-state index in [0.29, 0.717) is 28.3 Å². The molecule has 0 spiro atoms. The Balaban J connectivity index is 1.75. The van der Waals surface area contributed by atoms with Crippen molar-refractivity contribution in [2.75, 3.05) is 6.61 Å². The van der Waals surface area contributed by atoms with Gasteiger partial charge in [-0.2, -0.15) is 0 Å². The number of hydrogen-bond acceptors (Lipinski definition) is 4. The molecule has 0 aliphatic heterocycles. The average Bonchev–Trinajstić information content (AvgIpc) is 3.13. The van der Waals surface area contributed by atoms with E-state index in [9.17, 15) is 9.59 Å². The number of imidazole rings is 1. The average molecular weight is 340 g/mol. The van der Waals surface area contributed by atoms with Gasteiger partial charge in [-0.05, 0) is 38.5 Å². The number of para-hydroxylation sites is 2. The number of esters is 1. The Labute approximate surface area is 144 Å². The Kier molecular flexibility index (Phi) is 4.56. The van der Waals surface area contributed by atoms with Crippen LogP contribution >= 0.6 is 0 Å². The molecule has 0 saturated heterocycles. The monoisotopic (exact) mass is 340 g/mol. The lowest BCUT2D eigenvalue weighted by molar-refractivity contribution is 0.0525. The van der Waals surface area contributed by atoms with E-state index >= 15 is 0 Å². The van der Waals surface area contributed by atoms with Crippen LogP contribution in [0.2, 0.25) is 0 Å². The van der Waals surface area contributed by atoms with Crippen molar-refractivity contribution in [2.45, 2.75) is 27.3 Å². The predicted octanol–water partition coefficient (Wildman–Crippen LogP) is 2.61. The zero-order valence-corrected chi connectivity index (χ0v) is 14.4. The number of carbonyl (C=O) groups excluding carboxylic acids is 2. The van der Waals surface area contributed by atoms with Gasteiger partial charge in [0.25, 0.3) is 5.91 Å². The Hall–Kier alpha value is -3.09. The fourth-order valence-corrected chi connectivity index (χ4v) is 2.83. The molecule has 7 nitrogen and oxygen atoms in total. The van der Waals surface area contributed by atoms with Crippen LogP contribution in [-0.4, -0.2) is 33.4 Å². The molecule has 0 aliphatic rings. The van der Waals surface area contributed by atoms with Gasteiger partial charge in [0, 0.05) is 5.69 Å². The van der Waals surface area contributed by atoms with Gasteiger partial charge in [-0.1, -0.05) is 12.1 Å². The SMILES string of the molecule is CCOC(=O)c1c(C)[nH]c(C(=O)NCc2nc3ccccc3[nH]2)c1C. The number of nitrogens with one attached hydrogen (secondary N) is 3. The Morgan fingerprint density at radius 1 is 1.20 bits per heavy atom. The van der Waals surface area contributed by atoms with E-state index in [-0.39, 0.29) is 19.1 Å². The highest BCUT2D eigenvalue weighted by Crippen LogP contribution is 2.19. The minimum Gasteiger partial charge on any atom is -0.462 e. The van der Waals surface area contributed by atoms with E-state index < -0.39 is 5.97 Å². The molecule has 0 fully saturated rings. The summed E-state index contributed by atoms with van der Waals surface area (Å²) in [6, 6.07) is 7.66. The third-order valence-corrected chi connectivity index (χ3v) is 4.00. The summed E-state index contributed by atoms with van der Waals surface area (Å²) in [5.74, 6) is -0.0530. The molecule has 3 aromatic rings. The van der Waals surface area contributed by atoms with Crippen molar-refractivity contribution in [1.82, 2.24) is 20.3 Å². The van der Waals surface area contributed by atoms with E-state index in [4.69, 9.17) is 4.74 Å². The van der Waals surface area contributed by atoms with Crippen molar-refractivity contribution < 1.29 is 14.3 Å². The molecule has 0 saturated carbocycles. The number of nitrogens with zero attached hydrogens (tertiary/aromatic N) is 1. The molecule has 0 aliphatic carbocycles. The molecule has 130 valence electrons. The molecule has 3 N–H and O–H groups in total. The standard InChI is InChI=1S/C18H20N4O3/c1-4-25-18(24)15-10(2)16(20-11(15)3)17(23)19-9-14-21-12-7-5-6-8-13(12)22-14/h5-8,20H,4,9H2,1-3H3,(H,19,23)(H,21,22). The number of aromatic amines is 2. The highest BCUT2D eigenvalue weighted by atomic mass is 16.5. The molecule has 3 rings (SSSR count). The number of H-pyrrole nitrogens is 2. The summed E-state index contributed by atoms with van der Waals surface area (Å²) in [5.41, 5.74) is 3.74. The molecule has 0 bridgehead atoms. The first kappa shape index (κ1) is 16.8. The van der Waals surface area contributed by atoms with Crippen LogP contribution in [0.5, 0.6) is 0 Å². The summed E-state index contributed by atoms with van der Waals surface area (Å²) in [6.07, 6.45) is 0. The van der Waals surface area contributed by atoms with Gasteiger partial charge in [0.2, 0.25) is 0 Å². The van der Waals surface area contributed by atoms with Crippen LogP contribution in [0.25, 0.3) is 11.0 Å². The summed E-state index contributed by atoms with van der Waals surface area (Å²) in [5, 5.41) is 2.81. The highest BCUT2D eigenvalue weighted by Gasteiger charge is 2.22. The maximum atomic E-state index is 12.5. The molecular formula is C18H20N4O3. The van der Waals surface area contributed by atoms with Crippen molar-refractivity contribution in [2.24, 2.45) is 0 Å². The maximum Gasteiger partial charge on any atom is 0.340 e. The summed E-state index contributed by atoms with van der Waals surface area (Å²) in [6.45, 7) is 5.77.